The molecule has 0 saturated heterocycles. The third kappa shape index (κ3) is 1.36. The number of nitrogens with zero attached hydrogens (tertiary/aromatic N) is 1. The van der Waals surface area contributed by atoms with Gasteiger partial charge in [-0.1, -0.05) is 0 Å². The lowest BCUT2D eigenvalue weighted by molar-refractivity contribution is 0.628. The quantitative estimate of drug-likeness (QED) is 0.595. The number of aromatic nitrogens is 1. The summed E-state index contributed by atoms with van der Waals surface area (Å²) in [4.78, 5) is 0. The summed E-state index contributed by atoms with van der Waals surface area (Å²) >= 11 is 1.73. The van der Waals surface area contributed by atoms with E-state index >= 15 is 0 Å². The number of rotatable bonds is 1. The second-order valence-electron chi connectivity index (χ2n) is 3.77. The van der Waals surface area contributed by atoms with Crippen LogP contribution in [-0.2, 0) is 7.05 Å². The van der Waals surface area contributed by atoms with Gasteiger partial charge < -0.3 is 4.57 Å². The minimum absolute atomic E-state index is 0.195. The van der Waals surface area contributed by atoms with Crippen molar-refractivity contribution in [3.05, 3.63) is 47.6 Å². The highest BCUT2D eigenvalue weighted by Crippen LogP contribution is 2.30. The SMILES string of the molecule is Cn1c(-c2ccc(F)cc2)cc2sccc21. The zero-order valence-corrected chi connectivity index (χ0v) is 9.59. The molecule has 0 amide bonds. The predicted molar refractivity (Wildman–Crippen MR) is 66.2 cm³/mol. The van der Waals surface area contributed by atoms with Crippen molar-refractivity contribution < 1.29 is 4.39 Å². The van der Waals surface area contributed by atoms with Crippen LogP contribution in [0, 0.1) is 5.82 Å². The van der Waals surface area contributed by atoms with Crippen molar-refractivity contribution in [1.82, 2.24) is 4.57 Å². The molecule has 2 heterocycles. The van der Waals surface area contributed by atoms with Crippen LogP contribution in [0.1, 0.15) is 0 Å². The van der Waals surface area contributed by atoms with E-state index < -0.39 is 0 Å². The summed E-state index contributed by atoms with van der Waals surface area (Å²) in [7, 11) is 2.04. The Morgan fingerprint density at radius 2 is 1.88 bits per heavy atom. The van der Waals surface area contributed by atoms with Crippen molar-refractivity contribution in [3.8, 4) is 11.3 Å². The fraction of sp³-hybridized carbons (Fsp3) is 0.0769. The molecule has 0 fully saturated rings. The van der Waals surface area contributed by atoms with Crippen molar-refractivity contribution in [2.75, 3.05) is 0 Å². The van der Waals surface area contributed by atoms with E-state index in [9.17, 15) is 4.39 Å². The first-order chi connectivity index (χ1) is 7.75. The second-order valence-corrected chi connectivity index (χ2v) is 4.71. The summed E-state index contributed by atoms with van der Waals surface area (Å²) in [5.41, 5.74) is 3.40. The Labute approximate surface area is 96.8 Å². The van der Waals surface area contributed by atoms with E-state index in [0.29, 0.717) is 0 Å². The molecule has 3 aromatic rings. The summed E-state index contributed by atoms with van der Waals surface area (Å²) in [5.74, 6) is -0.195. The maximum atomic E-state index is 12.8. The highest BCUT2D eigenvalue weighted by atomic mass is 32.1. The molecular formula is C13H10FNS. The lowest BCUT2D eigenvalue weighted by atomic mass is 10.1. The molecule has 3 heteroatoms. The zero-order valence-electron chi connectivity index (χ0n) is 8.77. The van der Waals surface area contributed by atoms with E-state index in [1.807, 2.05) is 19.2 Å². The van der Waals surface area contributed by atoms with Gasteiger partial charge in [0.2, 0.25) is 0 Å². The number of fused-ring (bicyclic) bond motifs is 1. The van der Waals surface area contributed by atoms with Crippen LogP contribution in [0.25, 0.3) is 21.5 Å². The molecule has 0 bridgehead atoms. The zero-order chi connectivity index (χ0) is 11.1. The number of hydrogen-bond donors (Lipinski definition) is 0. The van der Waals surface area contributed by atoms with Crippen molar-refractivity contribution in [3.63, 3.8) is 0 Å². The first-order valence-electron chi connectivity index (χ1n) is 5.04. The molecule has 1 nitrogen and oxygen atoms in total. The van der Waals surface area contributed by atoms with Crippen LogP contribution in [0.15, 0.2) is 41.8 Å². The molecule has 0 radical (unpaired) electrons. The van der Waals surface area contributed by atoms with E-state index in [0.717, 1.165) is 11.3 Å². The van der Waals surface area contributed by atoms with E-state index in [-0.39, 0.29) is 5.82 Å². The van der Waals surface area contributed by atoms with Crippen LogP contribution >= 0.6 is 11.3 Å². The third-order valence-electron chi connectivity index (χ3n) is 2.80. The van der Waals surface area contributed by atoms with E-state index in [1.165, 1.54) is 22.3 Å². The Bertz CT molecular complexity index is 634. The summed E-state index contributed by atoms with van der Waals surface area (Å²) < 4.78 is 16.2. The Balaban J connectivity index is 2.21. The second kappa shape index (κ2) is 3.46. The Morgan fingerprint density at radius 1 is 1.12 bits per heavy atom. The molecule has 80 valence electrons. The average Bonchev–Trinajstić information content (AvgIpc) is 2.84. The van der Waals surface area contributed by atoms with Gasteiger partial charge in [-0.2, -0.15) is 0 Å². The monoisotopic (exact) mass is 231 g/mol. The standard InChI is InChI=1S/C13H10FNS/c1-15-11-6-7-16-13(11)8-12(15)9-2-4-10(14)5-3-9/h2-8H,1H3. The van der Waals surface area contributed by atoms with Crippen LogP contribution in [0.5, 0.6) is 0 Å². The van der Waals surface area contributed by atoms with Gasteiger partial charge in [-0.25, -0.2) is 4.39 Å². The topological polar surface area (TPSA) is 4.93 Å². The minimum atomic E-state index is -0.195. The Hall–Kier alpha value is -1.61. The molecule has 0 aliphatic carbocycles. The van der Waals surface area contributed by atoms with E-state index in [1.54, 1.807) is 11.3 Å². The number of hydrogen-bond acceptors (Lipinski definition) is 1. The van der Waals surface area contributed by atoms with Crippen LogP contribution in [0.3, 0.4) is 0 Å². The van der Waals surface area contributed by atoms with Gasteiger partial charge in [-0.3, -0.25) is 0 Å². The number of thiophene rings is 1. The molecule has 0 atom stereocenters. The summed E-state index contributed by atoms with van der Waals surface area (Å²) in [5, 5.41) is 2.08. The van der Waals surface area contributed by atoms with Gasteiger partial charge in [0, 0.05) is 12.7 Å². The molecule has 0 aliphatic rings. The molecular weight excluding hydrogens is 221 g/mol. The van der Waals surface area contributed by atoms with Crippen molar-refractivity contribution in [1.29, 1.82) is 0 Å². The lowest BCUT2D eigenvalue weighted by Crippen LogP contribution is -1.90. The van der Waals surface area contributed by atoms with Gasteiger partial charge in [0.1, 0.15) is 5.82 Å². The van der Waals surface area contributed by atoms with Crippen molar-refractivity contribution in [2.45, 2.75) is 0 Å². The molecule has 1 aromatic carbocycles. The molecule has 0 N–H and O–H groups in total. The third-order valence-corrected chi connectivity index (χ3v) is 3.66. The maximum Gasteiger partial charge on any atom is 0.123 e. The van der Waals surface area contributed by atoms with Gasteiger partial charge >= 0.3 is 0 Å². The smallest absolute Gasteiger partial charge is 0.123 e. The summed E-state index contributed by atoms with van der Waals surface area (Å²) in [6.45, 7) is 0. The van der Waals surface area contributed by atoms with Gasteiger partial charge in [0.25, 0.3) is 0 Å². The van der Waals surface area contributed by atoms with Crippen LogP contribution in [0.2, 0.25) is 0 Å². The van der Waals surface area contributed by atoms with Gasteiger partial charge in [0.05, 0.1) is 10.2 Å². The first-order valence-corrected chi connectivity index (χ1v) is 5.92. The molecule has 2 aromatic heterocycles. The molecule has 0 spiro atoms. The molecule has 0 saturated carbocycles. The van der Waals surface area contributed by atoms with Gasteiger partial charge in [0.15, 0.2) is 0 Å². The molecule has 3 rings (SSSR count). The number of benzene rings is 1. The van der Waals surface area contributed by atoms with Gasteiger partial charge in [-0.05, 0) is 47.3 Å². The highest BCUT2D eigenvalue weighted by Gasteiger charge is 2.08. The Morgan fingerprint density at radius 3 is 2.56 bits per heavy atom. The normalized spacial score (nSPS) is 11.1. The van der Waals surface area contributed by atoms with Crippen molar-refractivity contribution in [2.24, 2.45) is 7.05 Å². The number of halogens is 1. The first kappa shape index (κ1) is 9.60. The summed E-state index contributed by atoms with van der Waals surface area (Å²) in [6, 6.07) is 10.9. The highest BCUT2D eigenvalue weighted by molar-refractivity contribution is 7.17. The largest absolute Gasteiger partial charge is 0.343 e. The lowest BCUT2D eigenvalue weighted by Gasteiger charge is -2.03. The predicted octanol–water partition coefficient (Wildman–Crippen LogP) is 4.05. The fourth-order valence-electron chi connectivity index (χ4n) is 1.95. The average molecular weight is 231 g/mol. The van der Waals surface area contributed by atoms with E-state index in [4.69, 9.17) is 0 Å². The fourth-order valence-corrected chi connectivity index (χ4v) is 2.80. The molecule has 0 unspecified atom stereocenters. The maximum absolute atomic E-state index is 12.8. The van der Waals surface area contributed by atoms with Crippen LogP contribution in [-0.4, -0.2) is 4.57 Å². The number of aryl methyl sites for hydroxylation is 1. The van der Waals surface area contributed by atoms with Crippen molar-refractivity contribution >= 4 is 21.6 Å². The van der Waals surface area contributed by atoms with E-state index in [2.05, 4.69) is 22.1 Å². The molecule has 16 heavy (non-hydrogen) atoms. The summed E-state index contributed by atoms with van der Waals surface area (Å²) in [6.07, 6.45) is 0. The minimum Gasteiger partial charge on any atom is -0.343 e. The van der Waals surface area contributed by atoms with Crippen LogP contribution < -0.4 is 0 Å². The Kier molecular flexibility index (Phi) is 2.07. The molecule has 0 aliphatic heterocycles. The van der Waals surface area contributed by atoms with Crippen LogP contribution in [0.4, 0.5) is 4.39 Å². The van der Waals surface area contributed by atoms with Gasteiger partial charge in [-0.15, -0.1) is 11.3 Å².